The van der Waals surface area contributed by atoms with Crippen LogP contribution in [0.1, 0.15) is 18.1 Å². The Balaban J connectivity index is 3.26. The van der Waals surface area contributed by atoms with Crippen molar-refractivity contribution in [2.75, 3.05) is 6.61 Å². The molecular formula is C12H10F3NO2S2. The van der Waals surface area contributed by atoms with E-state index >= 15 is 0 Å². The minimum Gasteiger partial charge on any atom is -0.466 e. The number of esters is 1. The second-order valence-corrected chi connectivity index (χ2v) is 5.14. The molecule has 0 unspecified atom stereocenters. The summed E-state index contributed by atoms with van der Waals surface area (Å²) in [5.41, 5.74) is -4.54. The molecule has 0 aliphatic rings. The maximum Gasteiger partial charge on any atom is 0.446 e. The Hall–Kier alpha value is -1.33. The van der Waals surface area contributed by atoms with Crippen LogP contribution >= 0.6 is 24.4 Å². The molecule has 1 aromatic carbocycles. The molecule has 0 saturated carbocycles. The lowest BCUT2D eigenvalue weighted by molar-refractivity contribution is -0.142. The van der Waals surface area contributed by atoms with Gasteiger partial charge in [-0.15, -0.1) is 12.6 Å². The Bertz CT molecular complexity index is 553. The molecule has 0 heterocycles. The predicted molar refractivity (Wildman–Crippen MR) is 70.7 cm³/mol. The molecule has 0 fully saturated rings. The van der Waals surface area contributed by atoms with Gasteiger partial charge in [0.25, 0.3) is 0 Å². The highest BCUT2D eigenvalue weighted by Crippen LogP contribution is 2.42. The summed E-state index contributed by atoms with van der Waals surface area (Å²) in [6.45, 7) is 1.70. The minimum absolute atomic E-state index is 0.00241. The van der Waals surface area contributed by atoms with E-state index in [4.69, 9.17) is 10.00 Å². The molecule has 108 valence electrons. The highest BCUT2D eigenvalue weighted by Gasteiger charge is 2.32. The molecule has 3 nitrogen and oxygen atoms in total. The molecule has 0 atom stereocenters. The molecule has 1 aromatic rings. The molecule has 0 aromatic heterocycles. The number of thiol groups is 1. The largest absolute Gasteiger partial charge is 0.466 e. The molecule has 0 radical (unpaired) electrons. The summed E-state index contributed by atoms with van der Waals surface area (Å²) in [6, 6.07) is 4.40. The Morgan fingerprint density at radius 2 is 2.15 bits per heavy atom. The van der Waals surface area contributed by atoms with Gasteiger partial charge >= 0.3 is 11.5 Å². The zero-order valence-corrected chi connectivity index (χ0v) is 12.0. The molecule has 0 bridgehead atoms. The number of carbonyl (C=O) groups excluding carboxylic acids is 1. The van der Waals surface area contributed by atoms with Gasteiger partial charge in [0.15, 0.2) is 0 Å². The van der Waals surface area contributed by atoms with Crippen molar-refractivity contribution in [2.24, 2.45) is 0 Å². The van der Waals surface area contributed by atoms with Crippen LogP contribution in [0.2, 0.25) is 0 Å². The van der Waals surface area contributed by atoms with E-state index in [1.54, 1.807) is 13.0 Å². The molecule has 0 saturated heterocycles. The topological polar surface area (TPSA) is 50.1 Å². The number of hydrogen-bond donors (Lipinski definition) is 1. The number of alkyl halides is 3. The Morgan fingerprint density at radius 1 is 1.50 bits per heavy atom. The number of rotatable bonds is 4. The zero-order chi connectivity index (χ0) is 15.3. The number of hydrogen-bond acceptors (Lipinski definition) is 5. The van der Waals surface area contributed by atoms with Gasteiger partial charge in [-0.05, 0) is 36.4 Å². The van der Waals surface area contributed by atoms with Gasteiger partial charge in [-0.3, -0.25) is 4.79 Å². The van der Waals surface area contributed by atoms with E-state index in [0.29, 0.717) is 0 Å². The fourth-order valence-electron chi connectivity index (χ4n) is 1.48. The highest BCUT2D eigenvalue weighted by molar-refractivity contribution is 8.00. The lowest BCUT2D eigenvalue weighted by Gasteiger charge is -2.14. The van der Waals surface area contributed by atoms with Gasteiger partial charge in [-0.1, -0.05) is 0 Å². The first-order valence-electron chi connectivity index (χ1n) is 5.44. The van der Waals surface area contributed by atoms with Crippen LogP contribution in [0.3, 0.4) is 0 Å². The predicted octanol–water partition coefficient (Wildman–Crippen LogP) is 3.56. The van der Waals surface area contributed by atoms with Gasteiger partial charge in [-0.2, -0.15) is 18.4 Å². The number of halogens is 3. The van der Waals surface area contributed by atoms with E-state index in [1.807, 2.05) is 0 Å². The summed E-state index contributed by atoms with van der Waals surface area (Å²) in [6.07, 6.45) is -0.399. The van der Waals surface area contributed by atoms with Crippen LogP contribution in [0, 0.1) is 11.3 Å². The summed E-state index contributed by atoms with van der Waals surface area (Å²) >= 11 is 3.57. The zero-order valence-electron chi connectivity index (χ0n) is 10.3. The summed E-state index contributed by atoms with van der Waals surface area (Å²) < 4.78 is 42.4. The molecule has 20 heavy (non-hydrogen) atoms. The maximum absolute atomic E-state index is 12.6. The number of nitriles is 1. The number of benzene rings is 1. The lowest BCUT2D eigenvalue weighted by Crippen LogP contribution is -2.11. The van der Waals surface area contributed by atoms with Crippen LogP contribution < -0.4 is 0 Å². The fourth-order valence-corrected chi connectivity index (χ4v) is 2.54. The third kappa shape index (κ3) is 4.65. The normalized spacial score (nSPS) is 11.0. The van der Waals surface area contributed by atoms with E-state index in [9.17, 15) is 18.0 Å². The van der Waals surface area contributed by atoms with Gasteiger partial charge in [0.05, 0.1) is 24.7 Å². The molecule has 0 amide bonds. The monoisotopic (exact) mass is 321 g/mol. The average Bonchev–Trinajstić information content (AvgIpc) is 2.33. The second kappa shape index (κ2) is 6.90. The molecule has 0 aliphatic heterocycles. The van der Waals surface area contributed by atoms with Crippen molar-refractivity contribution in [1.29, 1.82) is 5.26 Å². The van der Waals surface area contributed by atoms with Crippen molar-refractivity contribution in [3.05, 3.63) is 23.3 Å². The van der Waals surface area contributed by atoms with Crippen molar-refractivity contribution >= 4 is 30.4 Å². The van der Waals surface area contributed by atoms with Crippen LogP contribution in [0.15, 0.2) is 21.9 Å². The number of ether oxygens (including phenoxy) is 1. The fraction of sp³-hybridized carbons (Fsp3) is 0.333. The molecule has 0 spiro atoms. The summed E-state index contributed by atoms with van der Waals surface area (Å²) in [5.74, 6) is -0.688. The van der Waals surface area contributed by atoms with Crippen molar-refractivity contribution in [2.45, 2.75) is 28.6 Å². The summed E-state index contributed by atoms with van der Waals surface area (Å²) in [4.78, 5) is 11.3. The first kappa shape index (κ1) is 16.7. The third-order valence-corrected chi connectivity index (χ3v) is 3.63. The van der Waals surface area contributed by atoms with E-state index < -0.39 is 29.7 Å². The minimum atomic E-state index is -4.53. The average molecular weight is 321 g/mol. The summed E-state index contributed by atoms with van der Waals surface area (Å²) in [7, 11) is 0. The number of thioether (sulfide) groups is 1. The second-order valence-electron chi connectivity index (χ2n) is 3.58. The van der Waals surface area contributed by atoms with E-state index in [2.05, 4.69) is 12.6 Å². The molecule has 1 rings (SSSR count). The Labute approximate surface area is 123 Å². The lowest BCUT2D eigenvalue weighted by atomic mass is 10.1. The van der Waals surface area contributed by atoms with Crippen LogP contribution in [0.5, 0.6) is 0 Å². The van der Waals surface area contributed by atoms with Crippen LogP contribution in [-0.4, -0.2) is 18.1 Å². The smallest absolute Gasteiger partial charge is 0.446 e. The highest BCUT2D eigenvalue weighted by atomic mass is 32.2. The van der Waals surface area contributed by atoms with Crippen LogP contribution in [0.4, 0.5) is 13.2 Å². The van der Waals surface area contributed by atoms with Gasteiger partial charge in [0.1, 0.15) is 0 Å². The van der Waals surface area contributed by atoms with Gasteiger partial charge in [0, 0.05) is 9.79 Å². The molecular weight excluding hydrogens is 311 g/mol. The van der Waals surface area contributed by atoms with E-state index in [-0.39, 0.29) is 27.5 Å². The van der Waals surface area contributed by atoms with Gasteiger partial charge in [0.2, 0.25) is 0 Å². The SMILES string of the molecule is CCOC(=O)Cc1c(C#N)ccc(S)c1SC(F)(F)F. The van der Waals surface area contributed by atoms with Crippen LogP contribution in [0.25, 0.3) is 0 Å². The molecule has 8 heteroatoms. The van der Waals surface area contributed by atoms with E-state index in [1.165, 1.54) is 12.1 Å². The van der Waals surface area contributed by atoms with Crippen molar-refractivity contribution in [3.63, 3.8) is 0 Å². The Kier molecular flexibility index (Phi) is 5.77. The summed E-state index contributed by atoms with van der Waals surface area (Å²) in [5, 5.41) is 8.96. The third-order valence-electron chi connectivity index (χ3n) is 2.20. The Morgan fingerprint density at radius 3 is 2.65 bits per heavy atom. The first-order chi connectivity index (χ1) is 9.28. The van der Waals surface area contributed by atoms with Crippen LogP contribution in [-0.2, 0) is 16.0 Å². The number of nitrogens with zero attached hydrogens (tertiary/aromatic N) is 1. The maximum atomic E-state index is 12.6. The van der Waals surface area contributed by atoms with Gasteiger partial charge in [-0.25, -0.2) is 0 Å². The van der Waals surface area contributed by atoms with Gasteiger partial charge < -0.3 is 4.74 Å². The first-order valence-corrected chi connectivity index (χ1v) is 6.71. The number of carbonyl (C=O) groups is 1. The van der Waals surface area contributed by atoms with E-state index in [0.717, 1.165) is 0 Å². The molecule has 0 aliphatic carbocycles. The quantitative estimate of drug-likeness (QED) is 0.523. The van der Waals surface area contributed by atoms with Crippen molar-refractivity contribution in [1.82, 2.24) is 0 Å². The van der Waals surface area contributed by atoms with Crippen molar-refractivity contribution in [3.8, 4) is 6.07 Å². The van der Waals surface area contributed by atoms with Crippen molar-refractivity contribution < 1.29 is 22.7 Å². The standard InChI is InChI=1S/C12H10F3NO2S2/c1-2-18-10(17)5-8-7(6-16)3-4-9(19)11(8)20-12(13,14)15/h3-4,19H,2,5H2,1H3. The molecule has 0 N–H and O–H groups in total.